The molecule has 0 aliphatic carbocycles. The smallest absolute Gasteiger partial charge is 0.134 e. The van der Waals surface area contributed by atoms with E-state index >= 15 is 0 Å². The third-order valence-corrected chi connectivity index (χ3v) is 9.51. The van der Waals surface area contributed by atoms with Crippen LogP contribution in [0.4, 0.5) is 0 Å². The number of furan rings is 1. The maximum Gasteiger partial charge on any atom is 0.134 e. The summed E-state index contributed by atoms with van der Waals surface area (Å²) in [5, 5.41) is 11.3. The van der Waals surface area contributed by atoms with Gasteiger partial charge in [0, 0.05) is 31.1 Å². The minimum Gasteiger partial charge on any atom is -0.464 e. The molecule has 2 heteroatoms. The fourth-order valence-electron chi connectivity index (χ4n) is 6.52. The molecule has 2 aromatic heterocycles. The van der Waals surface area contributed by atoms with Crippen molar-refractivity contribution in [1.29, 1.82) is 0 Å². The summed E-state index contributed by atoms with van der Waals surface area (Å²) in [6.07, 6.45) is 1.78. The molecule has 2 heterocycles. The molecule has 0 unspecified atom stereocenters. The van der Waals surface area contributed by atoms with Crippen LogP contribution in [0.25, 0.3) is 85.7 Å². The van der Waals surface area contributed by atoms with Crippen LogP contribution in [-0.2, 0) is 0 Å². The first-order valence-electron chi connectivity index (χ1n) is 13.6. The zero-order valence-electron chi connectivity index (χ0n) is 21.5. The van der Waals surface area contributed by atoms with Crippen LogP contribution in [0.3, 0.4) is 0 Å². The van der Waals surface area contributed by atoms with E-state index in [1.165, 1.54) is 74.7 Å². The van der Waals surface area contributed by atoms with E-state index in [-0.39, 0.29) is 0 Å². The Labute approximate surface area is 234 Å². The molecule has 0 atom stereocenters. The van der Waals surface area contributed by atoms with Gasteiger partial charge in [0.15, 0.2) is 0 Å². The van der Waals surface area contributed by atoms with Gasteiger partial charge < -0.3 is 4.42 Å². The summed E-state index contributed by atoms with van der Waals surface area (Å²) >= 11 is 1.88. The molecule has 0 radical (unpaired) electrons. The number of thiophene rings is 1. The summed E-state index contributed by atoms with van der Waals surface area (Å²) in [6.45, 7) is 0. The van der Waals surface area contributed by atoms with Crippen molar-refractivity contribution in [3.05, 3.63) is 134 Å². The Kier molecular flexibility index (Phi) is 4.55. The third-order valence-electron chi connectivity index (χ3n) is 8.31. The van der Waals surface area contributed by atoms with Gasteiger partial charge in [-0.3, -0.25) is 0 Å². The molecular weight excluding hydrogens is 504 g/mol. The third kappa shape index (κ3) is 3.08. The van der Waals surface area contributed by atoms with Crippen molar-refractivity contribution in [3.8, 4) is 22.3 Å². The Bertz CT molecular complexity index is 2380. The van der Waals surface area contributed by atoms with Gasteiger partial charge in [-0.2, -0.15) is 0 Å². The lowest BCUT2D eigenvalue weighted by Gasteiger charge is -2.18. The molecule has 0 spiro atoms. The number of hydrogen-bond donors (Lipinski definition) is 0. The maximum absolute atomic E-state index is 5.76. The van der Waals surface area contributed by atoms with Gasteiger partial charge in [0.25, 0.3) is 0 Å². The Balaban J connectivity index is 1.41. The molecule has 0 aliphatic rings. The summed E-state index contributed by atoms with van der Waals surface area (Å²) in [5.41, 5.74) is 6.07. The Morgan fingerprint density at radius 1 is 0.450 bits per heavy atom. The Hall–Kier alpha value is -4.92. The monoisotopic (exact) mass is 526 g/mol. The summed E-state index contributed by atoms with van der Waals surface area (Å²) in [6, 6.07) is 46.6. The number of rotatable bonds is 2. The van der Waals surface area contributed by atoms with Crippen molar-refractivity contribution in [2.45, 2.75) is 0 Å². The molecule has 7 aromatic carbocycles. The van der Waals surface area contributed by atoms with Crippen LogP contribution < -0.4 is 0 Å². The van der Waals surface area contributed by atoms with E-state index in [9.17, 15) is 0 Å². The highest BCUT2D eigenvalue weighted by Gasteiger charge is 2.19. The minimum absolute atomic E-state index is 0.938. The van der Waals surface area contributed by atoms with E-state index in [1.807, 2.05) is 17.4 Å². The Morgan fingerprint density at radius 2 is 1.12 bits per heavy atom. The van der Waals surface area contributed by atoms with Gasteiger partial charge in [-0.1, -0.05) is 103 Å². The fraction of sp³-hybridized carbons (Fsp3) is 0. The molecule has 9 aromatic rings. The first-order valence-corrected chi connectivity index (χ1v) is 14.4. The maximum atomic E-state index is 5.76. The van der Waals surface area contributed by atoms with Crippen molar-refractivity contribution in [3.63, 3.8) is 0 Å². The topological polar surface area (TPSA) is 13.1 Å². The zero-order valence-corrected chi connectivity index (χ0v) is 22.3. The van der Waals surface area contributed by atoms with Crippen molar-refractivity contribution in [1.82, 2.24) is 0 Å². The number of hydrogen-bond acceptors (Lipinski definition) is 2. The quantitative estimate of drug-likeness (QED) is 0.204. The zero-order chi connectivity index (χ0) is 26.2. The predicted molar refractivity (Wildman–Crippen MR) is 172 cm³/mol. The van der Waals surface area contributed by atoms with E-state index in [2.05, 4.69) is 121 Å². The SMILES string of the molecule is c1ccc2cc(-c3c4ccccc4c(-c4cccc5c4sc4cc6ccoc6cc45)c4ccccc34)ccc2c1. The lowest BCUT2D eigenvalue weighted by atomic mass is 9.85. The number of benzene rings is 7. The van der Waals surface area contributed by atoms with Gasteiger partial charge >= 0.3 is 0 Å². The van der Waals surface area contributed by atoms with Gasteiger partial charge in [-0.15, -0.1) is 11.3 Å². The van der Waals surface area contributed by atoms with Crippen LogP contribution in [0.2, 0.25) is 0 Å². The molecule has 9 rings (SSSR count). The van der Waals surface area contributed by atoms with Crippen LogP contribution in [-0.4, -0.2) is 0 Å². The highest BCUT2D eigenvalue weighted by atomic mass is 32.1. The standard InChI is InChI=1S/C38H22OS/c1-2-9-24-20-26(17-16-23(24)8-1)36-27-10-3-5-12-29(27)37(30-13-6-4-11-28(30)36)32-15-7-14-31-33-22-34-25(18-19-39-34)21-35(33)40-38(31)32/h1-22H. The molecule has 1 nitrogen and oxygen atoms in total. The molecular formula is C38H22OS. The molecule has 0 bridgehead atoms. The van der Waals surface area contributed by atoms with Crippen molar-refractivity contribution in [2.24, 2.45) is 0 Å². The normalized spacial score (nSPS) is 12.0. The van der Waals surface area contributed by atoms with Crippen LogP contribution in [0.15, 0.2) is 138 Å². The fourth-order valence-corrected chi connectivity index (χ4v) is 7.78. The lowest BCUT2D eigenvalue weighted by Crippen LogP contribution is -1.91. The van der Waals surface area contributed by atoms with E-state index in [0.717, 1.165) is 11.0 Å². The summed E-state index contributed by atoms with van der Waals surface area (Å²) in [7, 11) is 0. The van der Waals surface area contributed by atoms with Gasteiger partial charge in [0.05, 0.1) is 6.26 Å². The van der Waals surface area contributed by atoms with Crippen molar-refractivity contribution < 1.29 is 4.42 Å². The highest BCUT2D eigenvalue weighted by Crippen LogP contribution is 2.48. The molecule has 0 N–H and O–H groups in total. The summed E-state index contributed by atoms with van der Waals surface area (Å²) in [4.78, 5) is 0. The molecule has 0 aliphatic heterocycles. The van der Waals surface area contributed by atoms with Crippen LogP contribution >= 0.6 is 11.3 Å². The van der Waals surface area contributed by atoms with E-state index in [0.29, 0.717) is 0 Å². The molecule has 0 saturated heterocycles. The second kappa shape index (κ2) is 8.29. The Morgan fingerprint density at radius 3 is 1.90 bits per heavy atom. The molecule has 40 heavy (non-hydrogen) atoms. The molecule has 0 amide bonds. The van der Waals surface area contributed by atoms with Crippen molar-refractivity contribution >= 4 is 74.8 Å². The molecule has 0 saturated carbocycles. The van der Waals surface area contributed by atoms with E-state index in [4.69, 9.17) is 4.42 Å². The molecule has 0 fully saturated rings. The summed E-state index contributed by atoms with van der Waals surface area (Å²) in [5.74, 6) is 0. The van der Waals surface area contributed by atoms with Crippen LogP contribution in [0.5, 0.6) is 0 Å². The van der Waals surface area contributed by atoms with E-state index in [1.54, 1.807) is 6.26 Å². The lowest BCUT2D eigenvalue weighted by molar-refractivity contribution is 0.616. The molecule has 186 valence electrons. The van der Waals surface area contributed by atoms with E-state index < -0.39 is 0 Å². The van der Waals surface area contributed by atoms with Crippen molar-refractivity contribution in [2.75, 3.05) is 0 Å². The van der Waals surface area contributed by atoms with Crippen LogP contribution in [0, 0.1) is 0 Å². The second-order valence-electron chi connectivity index (χ2n) is 10.5. The van der Waals surface area contributed by atoms with Gasteiger partial charge in [0.2, 0.25) is 0 Å². The predicted octanol–water partition coefficient (Wildman–Crippen LogP) is 11.6. The highest BCUT2D eigenvalue weighted by molar-refractivity contribution is 7.26. The van der Waals surface area contributed by atoms with Gasteiger partial charge in [-0.25, -0.2) is 0 Å². The largest absolute Gasteiger partial charge is 0.464 e. The van der Waals surface area contributed by atoms with Gasteiger partial charge in [0.1, 0.15) is 5.58 Å². The summed E-state index contributed by atoms with van der Waals surface area (Å²) < 4.78 is 8.37. The average Bonchev–Trinajstić information content (AvgIpc) is 3.62. The first kappa shape index (κ1) is 22.0. The first-order chi connectivity index (χ1) is 19.8. The number of fused-ring (bicyclic) bond motifs is 7. The second-order valence-corrected chi connectivity index (χ2v) is 11.5. The van der Waals surface area contributed by atoms with Crippen LogP contribution in [0.1, 0.15) is 0 Å². The minimum atomic E-state index is 0.938. The average molecular weight is 527 g/mol. The van der Waals surface area contributed by atoms with Gasteiger partial charge in [-0.05, 0) is 73.3 Å².